The van der Waals surface area contributed by atoms with E-state index in [1.165, 1.54) is 6.07 Å². The molecule has 2 nitrogen and oxygen atoms in total. The van der Waals surface area contributed by atoms with Crippen LogP contribution in [0.1, 0.15) is 32.6 Å². The molecule has 2 rings (SSSR count). The summed E-state index contributed by atoms with van der Waals surface area (Å²) in [6.45, 7) is 7.63. The molecule has 3 heteroatoms. The van der Waals surface area contributed by atoms with Gasteiger partial charge in [0.15, 0.2) is 0 Å². The van der Waals surface area contributed by atoms with Crippen LogP contribution in [0, 0.1) is 33.5 Å². The lowest BCUT2D eigenvalue weighted by Gasteiger charge is -2.12. The zero-order valence-electron chi connectivity index (χ0n) is 12.2. The molecule has 0 unspecified atom stereocenters. The van der Waals surface area contributed by atoms with Crippen molar-refractivity contribution in [1.82, 2.24) is 0 Å². The van der Waals surface area contributed by atoms with E-state index in [1.54, 1.807) is 12.1 Å². The number of aryl methyl sites for hydroxylation is 4. The summed E-state index contributed by atoms with van der Waals surface area (Å²) in [5.41, 5.74) is 4.63. The van der Waals surface area contributed by atoms with Crippen molar-refractivity contribution in [2.75, 3.05) is 5.32 Å². The highest BCUT2D eigenvalue weighted by atomic mass is 19.1. The molecule has 0 saturated heterocycles. The van der Waals surface area contributed by atoms with E-state index in [1.807, 2.05) is 39.8 Å². The van der Waals surface area contributed by atoms with Crippen LogP contribution in [0.4, 0.5) is 10.1 Å². The van der Waals surface area contributed by atoms with Crippen molar-refractivity contribution in [1.29, 1.82) is 0 Å². The number of nitrogens with one attached hydrogen (secondary N) is 1. The fourth-order valence-electron chi connectivity index (χ4n) is 2.46. The molecule has 0 radical (unpaired) electrons. The number of rotatable bonds is 2. The van der Waals surface area contributed by atoms with Crippen molar-refractivity contribution in [2.24, 2.45) is 0 Å². The Morgan fingerprint density at radius 2 is 1.55 bits per heavy atom. The summed E-state index contributed by atoms with van der Waals surface area (Å²) < 4.78 is 13.7. The molecule has 104 valence electrons. The van der Waals surface area contributed by atoms with Gasteiger partial charge in [0.25, 0.3) is 5.91 Å². The Morgan fingerprint density at radius 3 is 2.15 bits per heavy atom. The quantitative estimate of drug-likeness (QED) is 0.866. The Morgan fingerprint density at radius 1 is 0.950 bits per heavy atom. The van der Waals surface area contributed by atoms with Gasteiger partial charge in [-0.25, -0.2) is 4.39 Å². The van der Waals surface area contributed by atoms with Crippen LogP contribution in [-0.2, 0) is 0 Å². The lowest BCUT2D eigenvalue weighted by Crippen LogP contribution is -2.16. The third kappa shape index (κ3) is 2.87. The maximum absolute atomic E-state index is 13.7. The zero-order chi connectivity index (χ0) is 14.9. The first-order valence-electron chi connectivity index (χ1n) is 6.54. The molecule has 0 aromatic heterocycles. The number of carbonyl (C=O) groups is 1. The van der Waals surface area contributed by atoms with Crippen LogP contribution < -0.4 is 5.32 Å². The predicted molar refractivity (Wildman–Crippen MR) is 79.7 cm³/mol. The van der Waals surface area contributed by atoms with E-state index in [2.05, 4.69) is 5.32 Å². The van der Waals surface area contributed by atoms with E-state index >= 15 is 0 Å². The van der Waals surface area contributed by atoms with E-state index in [9.17, 15) is 9.18 Å². The van der Waals surface area contributed by atoms with Gasteiger partial charge in [0.1, 0.15) is 5.82 Å². The summed E-state index contributed by atoms with van der Waals surface area (Å²) in [5.74, 6) is -0.698. The van der Waals surface area contributed by atoms with Gasteiger partial charge in [0.2, 0.25) is 0 Å². The molecule has 0 aliphatic carbocycles. The van der Waals surface area contributed by atoms with Gasteiger partial charge in [-0.2, -0.15) is 0 Å². The van der Waals surface area contributed by atoms with Gasteiger partial charge in [-0.3, -0.25) is 4.79 Å². The first-order chi connectivity index (χ1) is 9.38. The van der Waals surface area contributed by atoms with Crippen LogP contribution in [0.3, 0.4) is 0 Å². The number of hydrogen-bond acceptors (Lipinski definition) is 1. The van der Waals surface area contributed by atoms with Crippen molar-refractivity contribution < 1.29 is 9.18 Å². The number of anilines is 1. The Hall–Kier alpha value is -2.16. The maximum Gasteiger partial charge on any atom is 0.256 e. The third-order valence-electron chi connectivity index (χ3n) is 3.27. The number of carbonyl (C=O) groups excluding carboxylic acids is 1. The fraction of sp³-hybridized carbons (Fsp3) is 0.235. The molecule has 0 aliphatic heterocycles. The average Bonchev–Trinajstić information content (AvgIpc) is 2.32. The van der Waals surface area contributed by atoms with E-state index in [4.69, 9.17) is 0 Å². The molecule has 0 atom stereocenters. The standard InChI is InChI=1S/C17H18FNO/c1-10-5-6-14(18)15(9-10)19-17(20)16-12(3)7-11(2)8-13(16)4/h5-9H,1-4H3,(H,19,20). The second-order valence-corrected chi connectivity index (χ2v) is 5.21. The third-order valence-corrected chi connectivity index (χ3v) is 3.27. The first-order valence-corrected chi connectivity index (χ1v) is 6.54. The second-order valence-electron chi connectivity index (χ2n) is 5.21. The van der Waals surface area contributed by atoms with Crippen LogP contribution in [0.2, 0.25) is 0 Å². The average molecular weight is 271 g/mol. The van der Waals surface area contributed by atoms with Crippen LogP contribution >= 0.6 is 0 Å². The molecule has 0 spiro atoms. The molecule has 1 N–H and O–H groups in total. The summed E-state index contributed by atoms with van der Waals surface area (Å²) in [4.78, 5) is 12.4. The lowest BCUT2D eigenvalue weighted by atomic mass is 9.99. The SMILES string of the molecule is Cc1cc(C)c(C(=O)Nc2cc(C)ccc2F)c(C)c1. The van der Waals surface area contributed by atoms with Crippen molar-refractivity contribution in [3.8, 4) is 0 Å². The zero-order valence-corrected chi connectivity index (χ0v) is 12.2. The summed E-state index contributed by atoms with van der Waals surface area (Å²) in [5, 5.41) is 2.65. The minimum atomic E-state index is -0.425. The van der Waals surface area contributed by atoms with Gasteiger partial charge in [-0.1, -0.05) is 23.8 Å². The molecule has 0 aliphatic rings. The summed E-state index contributed by atoms with van der Waals surface area (Å²) >= 11 is 0. The van der Waals surface area contributed by atoms with E-state index in [0.717, 1.165) is 22.3 Å². The highest BCUT2D eigenvalue weighted by Gasteiger charge is 2.14. The van der Waals surface area contributed by atoms with Crippen LogP contribution in [-0.4, -0.2) is 5.91 Å². The smallest absolute Gasteiger partial charge is 0.256 e. The minimum absolute atomic E-state index is 0.217. The molecule has 0 fully saturated rings. The molecule has 0 bridgehead atoms. The van der Waals surface area contributed by atoms with Crippen LogP contribution in [0.5, 0.6) is 0 Å². The van der Waals surface area contributed by atoms with Crippen molar-refractivity contribution in [2.45, 2.75) is 27.7 Å². The molecule has 0 saturated carbocycles. The second kappa shape index (κ2) is 5.45. The normalized spacial score (nSPS) is 10.4. The van der Waals surface area contributed by atoms with E-state index in [-0.39, 0.29) is 11.6 Å². The first kappa shape index (κ1) is 14.3. The largest absolute Gasteiger partial charge is 0.319 e. The van der Waals surface area contributed by atoms with Gasteiger partial charge in [-0.05, 0) is 56.5 Å². The van der Waals surface area contributed by atoms with E-state index in [0.29, 0.717) is 5.56 Å². The monoisotopic (exact) mass is 271 g/mol. The van der Waals surface area contributed by atoms with Crippen molar-refractivity contribution in [3.63, 3.8) is 0 Å². The van der Waals surface area contributed by atoms with Gasteiger partial charge in [0.05, 0.1) is 5.69 Å². The van der Waals surface area contributed by atoms with Gasteiger partial charge in [-0.15, -0.1) is 0 Å². The molecule has 1 amide bonds. The summed E-state index contributed by atoms with van der Waals surface area (Å²) in [6, 6.07) is 8.57. The summed E-state index contributed by atoms with van der Waals surface area (Å²) in [7, 11) is 0. The fourth-order valence-corrected chi connectivity index (χ4v) is 2.46. The Balaban J connectivity index is 2.36. The van der Waals surface area contributed by atoms with Gasteiger partial charge >= 0.3 is 0 Å². The molecular formula is C17H18FNO. The number of amides is 1. The van der Waals surface area contributed by atoms with Crippen LogP contribution in [0.15, 0.2) is 30.3 Å². The number of benzene rings is 2. The van der Waals surface area contributed by atoms with Crippen LogP contribution in [0.25, 0.3) is 0 Å². The summed E-state index contributed by atoms with van der Waals surface area (Å²) in [6.07, 6.45) is 0. The molecular weight excluding hydrogens is 253 g/mol. The molecule has 2 aromatic carbocycles. The Bertz CT molecular complexity index is 654. The predicted octanol–water partition coefficient (Wildman–Crippen LogP) is 4.31. The Labute approximate surface area is 118 Å². The van der Waals surface area contributed by atoms with Crippen molar-refractivity contribution >= 4 is 11.6 Å². The topological polar surface area (TPSA) is 29.1 Å². The highest BCUT2D eigenvalue weighted by Crippen LogP contribution is 2.20. The number of halogens is 1. The van der Waals surface area contributed by atoms with E-state index < -0.39 is 5.82 Å². The maximum atomic E-state index is 13.7. The van der Waals surface area contributed by atoms with Gasteiger partial charge < -0.3 is 5.32 Å². The van der Waals surface area contributed by atoms with Gasteiger partial charge in [0, 0.05) is 5.56 Å². The molecule has 20 heavy (non-hydrogen) atoms. The lowest BCUT2D eigenvalue weighted by molar-refractivity contribution is 0.102. The van der Waals surface area contributed by atoms with Crippen molar-refractivity contribution in [3.05, 3.63) is 64.0 Å². The molecule has 2 aromatic rings. The number of hydrogen-bond donors (Lipinski definition) is 1. The molecule has 0 heterocycles. The minimum Gasteiger partial charge on any atom is -0.319 e. The Kier molecular flexibility index (Phi) is 3.89. The highest BCUT2D eigenvalue weighted by molar-refractivity contribution is 6.06.